The minimum Gasteiger partial charge on any atom is -0.481 e. The number of hydrogen-bond acceptors (Lipinski definition) is 9. The third-order valence-electron chi connectivity index (χ3n) is 4.10. The molecule has 1 amide bonds. The highest BCUT2D eigenvalue weighted by atomic mass is 16.6. The molecule has 12 nitrogen and oxygen atoms in total. The zero-order valence-corrected chi connectivity index (χ0v) is 15.2. The Morgan fingerprint density at radius 2 is 1.90 bits per heavy atom. The van der Waals surface area contributed by atoms with Gasteiger partial charge in [0, 0.05) is 6.07 Å². The van der Waals surface area contributed by atoms with Crippen molar-refractivity contribution < 1.29 is 33.8 Å². The minimum atomic E-state index is -1.47. The quantitative estimate of drug-likeness (QED) is 0.328. The predicted octanol–water partition coefficient (Wildman–Crippen LogP) is 2.32. The average Bonchev–Trinajstić information content (AvgIpc) is 3.22. The van der Waals surface area contributed by atoms with Crippen LogP contribution in [0, 0.1) is 10.1 Å². The fourth-order valence-electron chi connectivity index (χ4n) is 2.76. The van der Waals surface area contributed by atoms with Crippen molar-refractivity contribution in [3.8, 4) is 0 Å². The number of carbonyl (C=O) groups is 3. The number of carbonyl (C=O) groups excluding carboxylic acids is 2. The molecule has 0 saturated heterocycles. The Bertz CT molecular complexity index is 1100. The van der Waals surface area contributed by atoms with Crippen LogP contribution in [0.5, 0.6) is 0 Å². The lowest BCUT2D eigenvalue weighted by atomic mass is 10.1. The second-order valence-corrected chi connectivity index (χ2v) is 6.03. The average molecular weight is 414 g/mol. The Kier molecular flexibility index (Phi) is 5.96. The van der Waals surface area contributed by atoms with Gasteiger partial charge in [0.25, 0.3) is 0 Å². The van der Waals surface area contributed by atoms with Crippen LogP contribution in [0.15, 0.2) is 47.1 Å². The predicted molar refractivity (Wildman–Crippen MR) is 99.7 cm³/mol. The first kappa shape index (κ1) is 20.4. The molecule has 1 N–H and O–H groups in total. The second kappa shape index (κ2) is 8.77. The SMILES string of the molecule is O=C[C@H](CC(=O)O)N(C(=O)OCc1ccccc1)c1ccc([N+](=O)[O-])c2nonc12. The smallest absolute Gasteiger partial charge is 0.415 e. The molecule has 0 saturated carbocycles. The monoisotopic (exact) mass is 414 g/mol. The van der Waals surface area contributed by atoms with Crippen molar-refractivity contribution in [1.29, 1.82) is 0 Å². The second-order valence-electron chi connectivity index (χ2n) is 6.03. The van der Waals surface area contributed by atoms with Crippen molar-refractivity contribution in [2.75, 3.05) is 4.90 Å². The molecule has 2 aromatic carbocycles. The standard InChI is InChI=1S/C18H14N4O8/c23-9-12(8-15(24)25)21(18(26)29-10-11-4-2-1-3-5-11)13-6-7-14(22(27)28)17-16(13)19-30-20-17/h1-7,9,12H,8,10H2,(H,24,25)/t12-/m0/s1. The molecule has 0 bridgehead atoms. The van der Waals surface area contributed by atoms with Crippen LogP contribution in [-0.2, 0) is 20.9 Å². The third-order valence-corrected chi connectivity index (χ3v) is 4.10. The first-order valence-corrected chi connectivity index (χ1v) is 8.49. The Morgan fingerprint density at radius 3 is 2.53 bits per heavy atom. The van der Waals surface area contributed by atoms with Gasteiger partial charge in [0.1, 0.15) is 18.9 Å². The number of anilines is 1. The molecule has 12 heteroatoms. The van der Waals surface area contributed by atoms with Gasteiger partial charge in [0.2, 0.25) is 5.52 Å². The highest BCUT2D eigenvalue weighted by molar-refractivity contribution is 6.03. The number of carboxylic acid groups (broad SMARTS) is 1. The summed E-state index contributed by atoms with van der Waals surface area (Å²) in [5, 5.41) is 27.3. The molecule has 0 spiro atoms. The van der Waals surface area contributed by atoms with E-state index >= 15 is 0 Å². The van der Waals surface area contributed by atoms with Crippen molar-refractivity contribution in [2.45, 2.75) is 19.1 Å². The van der Waals surface area contributed by atoms with Crippen LogP contribution in [0.1, 0.15) is 12.0 Å². The third kappa shape index (κ3) is 4.22. The van der Waals surface area contributed by atoms with Crippen LogP contribution >= 0.6 is 0 Å². The number of aromatic nitrogens is 2. The molecule has 3 rings (SSSR count). The van der Waals surface area contributed by atoms with Crippen molar-refractivity contribution in [3.63, 3.8) is 0 Å². The van der Waals surface area contributed by atoms with E-state index in [0.717, 1.165) is 17.0 Å². The number of hydrogen-bond donors (Lipinski definition) is 1. The number of nitro groups is 1. The molecule has 0 radical (unpaired) electrons. The molecule has 3 aromatic rings. The molecule has 0 unspecified atom stereocenters. The number of nitro benzene ring substituents is 1. The van der Waals surface area contributed by atoms with E-state index in [1.807, 2.05) is 0 Å². The number of rotatable bonds is 8. The van der Waals surface area contributed by atoms with E-state index in [0.29, 0.717) is 5.56 Å². The van der Waals surface area contributed by atoms with Gasteiger partial charge in [-0.05, 0) is 21.9 Å². The van der Waals surface area contributed by atoms with Crippen LogP contribution < -0.4 is 4.90 Å². The van der Waals surface area contributed by atoms with Gasteiger partial charge in [0.15, 0.2) is 5.52 Å². The van der Waals surface area contributed by atoms with Gasteiger partial charge in [-0.2, -0.15) is 0 Å². The summed E-state index contributed by atoms with van der Waals surface area (Å²) < 4.78 is 9.80. The van der Waals surface area contributed by atoms with Crippen molar-refractivity contribution in [1.82, 2.24) is 10.3 Å². The molecule has 0 aliphatic rings. The molecule has 1 atom stereocenters. The van der Waals surface area contributed by atoms with Gasteiger partial charge in [-0.15, -0.1) is 0 Å². The van der Waals surface area contributed by atoms with E-state index in [-0.39, 0.29) is 29.6 Å². The summed E-state index contributed by atoms with van der Waals surface area (Å²) >= 11 is 0. The van der Waals surface area contributed by atoms with E-state index < -0.39 is 35.1 Å². The van der Waals surface area contributed by atoms with Gasteiger partial charge in [-0.3, -0.25) is 19.8 Å². The molecule has 154 valence electrons. The Labute approximate surface area is 167 Å². The van der Waals surface area contributed by atoms with Gasteiger partial charge in [-0.1, -0.05) is 30.3 Å². The highest BCUT2D eigenvalue weighted by Gasteiger charge is 2.33. The van der Waals surface area contributed by atoms with Gasteiger partial charge in [0.05, 0.1) is 17.0 Å². The molecule has 0 aliphatic carbocycles. The van der Waals surface area contributed by atoms with E-state index in [9.17, 15) is 24.5 Å². The topological polar surface area (TPSA) is 166 Å². The maximum absolute atomic E-state index is 12.8. The van der Waals surface area contributed by atoms with Crippen molar-refractivity contribution in [3.05, 3.63) is 58.1 Å². The van der Waals surface area contributed by atoms with Gasteiger partial charge >= 0.3 is 17.7 Å². The summed E-state index contributed by atoms with van der Waals surface area (Å²) in [4.78, 5) is 46.8. The zero-order chi connectivity index (χ0) is 21.7. The first-order chi connectivity index (χ1) is 14.4. The molecule has 30 heavy (non-hydrogen) atoms. The normalized spacial score (nSPS) is 11.6. The number of nitrogens with zero attached hydrogens (tertiary/aromatic N) is 4. The number of carboxylic acids is 1. The van der Waals surface area contributed by atoms with Gasteiger partial charge < -0.3 is 14.6 Å². The summed E-state index contributed by atoms with van der Waals surface area (Å²) in [5.41, 5.74) is -0.359. The fourth-order valence-corrected chi connectivity index (χ4v) is 2.76. The van der Waals surface area contributed by atoms with E-state index in [2.05, 4.69) is 14.9 Å². The number of amides is 1. The Hall–Kier alpha value is -4.35. The van der Waals surface area contributed by atoms with E-state index in [1.165, 1.54) is 0 Å². The lowest BCUT2D eigenvalue weighted by Gasteiger charge is -2.26. The Morgan fingerprint density at radius 1 is 1.20 bits per heavy atom. The van der Waals surface area contributed by atoms with Crippen LogP contribution in [0.25, 0.3) is 11.0 Å². The van der Waals surface area contributed by atoms with Crippen molar-refractivity contribution >= 4 is 40.8 Å². The summed E-state index contributed by atoms with van der Waals surface area (Å²) in [6, 6.07) is 9.38. The molecule has 0 fully saturated rings. The molecule has 1 heterocycles. The fraction of sp³-hybridized carbons (Fsp3) is 0.167. The lowest BCUT2D eigenvalue weighted by Crippen LogP contribution is -2.43. The molecular weight excluding hydrogens is 400 g/mol. The van der Waals surface area contributed by atoms with Crippen LogP contribution in [0.3, 0.4) is 0 Å². The number of fused-ring (bicyclic) bond motifs is 1. The maximum atomic E-state index is 12.8. The van der Waals surface area contributed by atoms with E-state index in [1.54, 1.807) is 30.3 Å². The van der Waals surface area contributed by atoms with Crippen LogP contribution in [0.2, 0.25) is 0 Å². The zero-order valence-electron chi connectivity index (χ0n) is 15.2. The van der Waals surface area contributed by atoms with E-state index in [4.69, 9.17) is 9.84 Å². The summed E-state index contributed by atoms with van der Waals surface area (Å²) in [5.74, 6) is -1.34. The van der Waals surface area contributed by atoms with Gasteiger partial charge in [-0.25, -0.2) is 9.42 Å². The number of non-ortho nitro benzene ring substituents is 1. The minimum absolute atomic E-state index is 0.117. The Balaban J connectivity index is 2.02. The first-order valence-electron chi connectivity index (χ1n) is 8.49. The molecule has 0 aliphatic heterocycles. The summed E-state index contributed by atoms with van der Waals surface area (Å²) in [6.07, 6.45) is -1.51. The largest absolute Gasteiger partial charge is 0.481 e. The summed E-state index contributed by atoms with van der Waals surface area (Å²) in [7, 11) is 0. The molecule has 1 aromatic heterocycles. The number of ether oxygens (including phenoxy) is 1. The van der Waals surface area contributed by atoms with Crippen LogP contribution in [0.4, 0.5) is 16.2 Å². The highest BCUT2D eigenvalue weighted by Crippen LogP contribution is 2.33. The molecular formula is C18H14N4O8. The number of aliphatic carboxylic acids is 1. The number of benzene rings is 2. The summed E-state index contributed by atoms with van der Waals surface area (Å²) in [6.45, 7) is -0.151. The van der Waals surface area contributed by atoms with Crippen LogP contribution in [-0.4, -0.2) is 44.7 Å². The maximum Gasteiger partial charge on any atom is 0.415 e. The van der Waals surface area contributed by atoms with Crippen molar-refractivity contribution in [2.24, 2.45) is 0 Å². The lowest BCUT2D eigenvalue weighted by molar-refractivity contribution is -0.383. The number of aldehydes is 1.